The predicted octanol–water partition coefficient (Wildman–Crippen LogP) is 4.79. The van der Waals surface area contributed by atoms with Crippen molar-refractivity contribution in [1.82, 2.24) is 4.90 Å². The van der Waals surface area contributed by atoms with Gasteiger partial charge in [0.25, 0.3) is 0 Å². The molecule has 27 heavy (non-hydrogen) atoms. The van der Waals surface area contributed by atoms with Crippen LogP contribution in [0.4, 0.5) is 5.69 Å². The number of piperazine rings is 1. The van der Waals surface area contributed by atoms with Gasteiger partial charge in [0.2, 0.25) is 9.84 Å². The number of sulfone groups is 1. The molecule has 8 heteroatoms. The Morgan fingerprint density at radius 2 is 1.74 bits per heavy atom. The van der Waals surface area contributed by atoms with E-state index < -0.39 is 9.84 Å². The van der Waals surface area contributed by atoms with Gasteiger partial charge in [-0.3, -0.25) is 0 Å². The molecule has 142 valence electrons. The number of rotatable bonds is 3. The molecule has 2 aromatic carbocycles. The van der Waals surface area contributed by atoms with Crippen LogP contribution in [0.25, 0.3) is 10.1 Å². The lowest BCUT2D eigenvalue weighted by Gasteiger charge is -2.34. The van der Waals surface area contributed by atoms with Crippen LogP contribution in [-0.2, 0) is 9.84 Å². The van der Waals surface area contributed by atoms with E-state index in [-0.39, 0.29) is 9.79 Å². The van der Waals surface area contributed by atoms with E-state index in [2.05, 4.69) is 16.8 Å². The van der Waals surface area contributed by atoms with Crippen LogP contribution in [0.15, 0.2) is 51.6 Å². The number of fused-ring (bicyclic) bond motifs is 1. The van der Waals surface area contributed by atoms with Crippen LogP contribution < -0.4 is 4.90 Å². The molecule has 0 unspecified atom stereocenters. The van der Waals surface area contributed by atoms with E-state index in [9.17, 15) is 8.42 Å². The summed E-state index contributed by atoms with van der Waals surface area (Å²) in [5.41, 5.74) is 1.00. The third-order valence-corrected chi connectivity index (χ3v) is 8.24. The van der Waals surface area contributed by atoms with E-state index in [0.717, 1.165) is 36.6 Å². The minimum Gasteiger partial charge on any atom is -0.368 e. The number of thiophene rings is 1. The van der Waals surface area contributed by atoms with Crippen LogP contribution in [0.3, 0.4) is 0 Å². The maximum atomic E-state index is 13.2. The molecule has 0 spiro atoms. The van der Waals surface area contributed by atoms with Crippen LogP contribution in [0.5, 0.6) is 0 Å². The van der Waals surface area contributed by atoms with Gasteiger partial charge in [0.15, 0.2) is 0 Å². The lowest BCUT2D eigenvalue weighted by molar-refractivity contribution is 0.313. The third-order valence-electron chi connectivity index (χ3n) is 4.82. The minimum absolute atomic E-state index is 0.191. The van der Waals surface area contributed by atoms with Gasteiger partial charge in [-0.2, -0.15) is 0 Å². The summed E-state index contributed by atoms with van der Waals surface area (Å²) in [4.78, 5) is 5.03. The summed E-state index contributed by atoms with van der Waals surface area (Å²) in [6, 6.07) is 10.0. The Labute approximate surface area is 172 Å². The second kappa shape index (κ2) is 7.26. The molecule has 0 aliphatic carbocycles. The summed E-state index contributed by atoms with van der Waals surface area (Å²) in [5, 5.41) is 3.31. The Morgan fingerprint density at radius 1 is 1.00 bits per heavy atom. The second-order valence-corrected chi connectivity index (χ2v) is 10.3. The summed E-state index contributed by atoms with van der Waals surface area (Å²) >= 11 is 13.8. The lowest BCUT2D eigenvalue weighted by atomic mass is 10.2. The van der Waals surface area contributed by atoms with Gasteiger partial charge in [0, 0.05) is 47.0 Å². The zero-order valence-corrected chi connectivity index (χ0v) is 17.8. The highest BCUT2D eigenvalue weighted by Gasteiger charge is 2.25. The van der Waals surface area contributed by atoms with E-state index in [4.69, 9.17) is 23.2 Å². The minimum atomic E-state index is -3.68. The van der Waals surface area contributed by atoms with Crippen molar-refractivity contribution in [3.8, 4) is 0 Å². The predicted molar refractivity (Wildman–Crippen MR) is 113 cm³/mol. The molecular weight excluding hydrogens is 423 g/mol. The van der Waals surface area contributed by atoms with Gasteiger partial charge in [-0.05, 0) is 37.4 Å². The molecule has 4 rings (SSSR count). The first-order chi connectivity index (χ1) is 12.9. The van der Waals surface area contributed by atoms with Crippen molar-refractivity contribution in [2.24, 2.45) is 0 Å². The average Bonchev–Trinajstić information content (AvgIpc) is 3.06. The summed E-state index contributed by atoms with van der Waals surface area (Å²) in [6.45, 7) is 3.71. The molecule has 0 atom stereocenters. The van der Waals surface area contributed by atoms with Crippen LogP contribution in [0, 0.1) is 0 Å². The number of nitrogens with zero attached hydrogens (tertiary/aromatic N) is 2. The maximum absolute atomic E-state index is 13.2. The number of likely N-dealkylation sites (N-methyl/N-ethyl adjacent to an activating group) is 1. The molecule has 1 fully saturated rings. The molecule has 3 aromatic rings. The zero-order chi connectivity index (χ0) is 19.2. The van der Waals surface area contributed by atoms with Crippen molar-refractivity contribution in [2.75, 3.05) is 38.1 Å². The van der Waals surface area contributed by atoms with Gasteiger partial charge in [0.05, 0.1) is 20.2 Å². The molecule has 0 N–H and O–H groups in total. The number of hydrogen-bond acceptors (Lipinski definition) is 5. The number of halogens is 2. The Morgan fingerprint density at radius 3 is 2.44 bits per heavy atom. The van der Waals surface area contributed by atoms with Crippen LogP contribution in [0.1, 0.15) is 0 Å². The normalized spacial score (nSPS) is 16.2. The number of anilines is 1. The van der Waals surface area contributed by atoms with Crippen molar-refractivity contribution >= 4 is 60.1 Å². The summed E-state index contributed by atoms with van der Waals surface area (Å²) in [6.07, 6.45) is 0. The fourth-order valence-corrected chi connectivity index (χ4v) is 6.70. The SMILES string of the molecule is CN1CCN(c2cc(Cl)cc3c(S(=O)(=O)c4cccc(Cl)c4)csc23)CC1. The van der Waals surface area contributed by atoms with E-state index in [1.165, 1.54) is 17.4 Å². The van der Waals surface area contributed by atoms with E-state index >= 15 is 0 Å². The number of benzene rings is 2. The molecule has 1 saturated heterocycles. The molecule has 0 bridgehead atoms. The van der Waals surface area contributed by atoms with Gasteiger partial charge in [-0.1, -0.05) is 29.3 Å². The van der Waals surface area contributed by atoms with Crippen molar-refractivity contribution < 1.29 is 8.42 Å². The van der Waals surface area contributed by atoms with Gasteiger partial charge >= 0.3 is 0 Å². The molecule has 0 amide bonds. The first-order valence-electron chi connectivity index (χ1n) is 8.51. The molecule has 2 heterocycles. The van der Waals surface area contributed by atoms with Crippen molar-refractivity contribution in [2.45, 2.75) is 9.79 Å². The quantitative estimate of drug-likeness (QED) is 0.586. The van der Waals surface area contributed by atoms with Crippen LogP contribution >= 0.6 is 34.5 Å². The fourth-order valence-electron chi connectivity index (χ4n) is 3.31. The van der Waals surface area contributed by atoms with Crippen molar-refractivity contribution in [3.63, 3.8) is 0 Å². The molecule has 1 aliphatic rings. The van der Waals surface area contributed by atoms with E-state index in [1.807, 2.05) is 6.07 Å². The van der Waals surface area contributed by atoms with Gasteiger partial charge in [-0.25, -0.2) is 8.42 Å². The molecule has 1 aliphatic heterocycles. The monoisotopic (exact) mass is 440 g/mol. The third kappa shape index (κ3) is 3.57. The highest BCUT2D eigenvalue weighted by Crippen LogP contribution is 2.41. The molecule has 0 saturated carbocycles. The van der Waals surface area contributed by atoms with Gasteiger partial charge < -0.3 is 9.80 Å². The fraction of sp³-hybridized carbons (Fsp3) is 0.263. The van der Waals surface area contributed by atoms with Crippen LogP contribution in [-0.4, -0.2) is 46.5 Å². The average molecular weight is 441 g/mol. The Balaban J connectivity index is 1.85. The summed E-state index contributed by atoms with van der Waals surface area (Å²) in [5.74, 6) is 0. The van der Waals surface area contributed by atoms with Crippen LogP contribution in [0.2, 0.25) is 10.0 Å². The molecular formula is C19H18Cl2N2O2S2. The highest BCUT2D eigenvalue weighted by atomic mass is 35.5. The first kappa shape index (κ1) is 19.0. The van der Waals surface area contributed by atoms with Gasteiger partial charge in [-0.15, -0.1) is 11.3 Å². The zero-order valence-electron chi connectivity index (χ0n) is 14.7. The van der Waals surface area contributed by atoms with Gasteiger partial charge in [0.1, 0.15) is 0 Å². The summed E-state index contributed by atoms with van der Waals surface area (Å²) in [7, 11) is -1.57. The van der Waals surface area contributed by atoms with Crippen molar-refractivity contribution in [1.29, 1.82) is 0 Å². The van der Waals surface area contributed by atoms with E-state index in [1.54, 1.807) is 29.6 Å². The number of hydrogen-bond donors (Lipinski definition) is 0. The van der Waals surface area contributed by atoms with Crippen molar-refractivity contribution in [3.05, 3.63) is 51.8 Å². The Kier molecular flexibility index (Phi) is 5.12. The van der Waals surface area contributed by atoms with E-state index in [0.29, 0.717) is 15.4 Å². The Bertz CT molecular complexity index is 1100. The molecule has 4 nitrogen and oxygen atoms in total. The largest absolute Gasteiger partial charge is 0.368 e. The molecule has 1 aromatic heterocycles. The Hall–Kier alpha value is -1.31. The topological polar surface area (TPSA) is 40.6 Å². The smallest absolute Gasteiger partial charge is 0.208 e. The standard InChI is InChI=1S/C19H18Cl2N2O2S2/c1-22-5-7-23(8-6-22)17-11-14(21)10-16-18(12-26-19(16)17)27(24,25)15-4-2-3-13(20)9-15/h2-4,9-12H,5-8H2,1H3. The maximum Gasteiger partial charge on any atom is 0.208 e. The highest BCUT2D eigenvalue weighted by molar-refractivity contribution is 7.92. The summed E-state index contributed by atoms with van der Waals surface area (Å²) < 4.78 is 27.3. The lowest BCUT2D eigenvalue weighted by Crippen LogP contribution is -2.44. The first-order valence-corrected chi connectivity index (χ1v) is 11.6. The molecule has 0 radical (unpaired) electrons. The second-order valence-electron chi connectivity index (χ2n) is 6.65.